The minimum absolute atomic E-state index is 0. The molecule has 2 rings (SSSR count). The lowest BCUT2D eigenvalue weighted by Gasteiger charge is -2.23. The van der Waals surface area contributed by atoms with E-state index in [1.165, 1.54) is 40.9 Å². The maximum absolute atomic E-state index is 12.2. The fourth-order valence-corrected chi connectivity index (χ4v) is 4.95. The largest absolute Gasteiger partial charge is 0.357 e. The standard InChI is InChI=1S/C19H28N4O2S2.HI/c1-6-20-19(23(5)14-16-10-8-7-9-15(16)2)21-13-17-11-12-18(26-17)27(24,25)22(3)4;/h7-12H,6,13-14H2,1-5H3,(H,20,21);1H. The van der Waals surface area contributed by atoms with E-state index < -0.39 is 10.0 Å². The Balaban J connectivity index is 0.00000392. The fourth-order valence-electron chi connectivity index (χ4n) is 2.50. The van der Waals surface area contributed by atoms with Crippen LogP contribution in [0.4, 0.5) is 0 Å². The molecule has 0 atom stereocenters. The van der Waals surface area contributed by atoms with Gasteiger partial charge in [0.2, 0.25) is 0 Å². The molecule has 156 valence electrons. The van der Waals surface area contributed by atoms with Gasteiger partial charge in [0, 0.05) is 39.1 Å². The van der Waals surface area contributed by atoms with Crippen molar-refractivity contribution >= 4 is 51.3 Å². The Morgan fingerprint density at radius 3 is 2.43 bits per heavy atom. The highest BCUT2D eigenvalue weighted by atomic mass is 127. The van der Waals surface area contributed by atoms with Crippen molar-refractivity contribution in [3.8, 4) is 0 Å². The van der Waals surface area contributed by atoms with Crippen molar-refractivity contribution in [2.45, 2.75) is 31.1 Å². The first-order valence-corrected chi connectivity index (χ1v) is 11.1. The molecular formula is C19H29IN4O2S2. The average molecular weight is 537 g/mol. The van der Waals surface area contributed by atoms with Gasteiger partial charge in [-0.15, -0.1) is 35.3 Å². The lowest BCUT2D eigenvalue weighted by atomic mass is 10.1. The van der Waals surface area contributed by atoms with Crippen molar-refractivity contribution in [2.24, 2.45) is 4.99 Å². The number of hydrogen-bond donors (Lipinski definition) is 1. The molecule has 0 bridgehead atoms. The summed E-state index contributed by atoms with van der Waals surface area (Å²) in [7, 11) is 1.69. The normalized spacial score (nSPS) is 12.0. The number of hydrogen-bond acceptors (Lipinski definition) is 4. The molecule has 1 N–H and O–H groups in total. The highest BCUT2D eigenvalue weighted by molar-refractivity contribution is 14.0. The molecule has 28 heavy (non-hydrogen) atoms. The lowest BCUT2D eigenvalue weighted by Crippen LogP contribution is -2.38. The second-order valence-electron chi connectivity index (χ2n) is 6.46. The van der Waals surface area contributed by atoms with E-state index in [2.05, 4.69) is 34.3 Å². The Morgan fingerprint density at radius 2 is 1.82 bits per heavy atom. The summed E-state index contributed by atoms with van der Waals surface area (Å²) in [4.78, 5) is 7.68. The smallest absolute Gasteiger partial charge is 0.252 e. The van der Waals surface area contributed by atoms with Gasteiger partial charge in [-0.2, -0.15) is 0 Å². The highest BCUT2D eigenvalue weighted by Gasteiger charge is 2.19. The molecule has 1 aromatic carbocycles. The number of thiophene rings is 1. The van der Waals surface area contributed by atoms with E-state index in [9.17, 15) is 8.42 Å². The molecule has 0 amide bonds. The zero-order valence-corrected chi connectivity index (χ0v) is 20.9. The maximum Gasteiger partial charge on any atom is 0.252 e. The van der Waals surface area contributed by atoms with E-state index in [0.717, 1.165) is 23.9 Å². The molecule has 0 unspecified atom stereocenters. The number of sulfonamides is 1. The first-order valence-electron chi connectivity index (χ1n) is 8.81. The second kappa shape index (κ2) is 11.1. The van der Waals surface area contributed by atoms with Gasteiger partial charge in [-0.25, -0.2) is 17.7 Å². The Bertz CT molecular complexity index is 895. The topological polar surface area (TPSA) is 65.0 Å². The van der Waals surface area contributed by atoms with Gasteiger partial charge in [-0.1, -0.05) is 24.3 Å². The van der Waals surface area contributed by atoms with Crippen molar-refractivity contribution in [1.82, 2.24) is 14.5 Å². The van der Waals surface area contributed by atoms with Gasteiger partial charge in [0.15, 0.2) is 5.96 Å². The molecule has 0 saturated heterocycles. The van der Waals surface area contributed by atoms with E-state index in [4.69, 9.17) is 0 Å². The molecule has 0 aliphatic rings. The molecule has 6 nitrogen and oxygen atoms in total. The molecular weight excluding hydrogens is 507 g/mol. The molecule has 1 heterocycles. The molecule has 0 spiro atoms. The lowest BCUT2D eigenvalue weighted by molar-refractivity contribution is 0.475. The number of guanidine groups is 1. The van der Waals surface area contributed by atoms with E-state index in [-0.39, 0.29) is 24.0 Å². The van der Waals surface area contributed by atoms with Crippen LogP contribution in [0.25, 0.3) is 0 Å². The van der Waals surface area contributed by atoms with Crippen LogP contribution in [0.5, 0.6) is 0 Å². The van der Waals surface area contributed by atoms with Gasteiger partial charge in [0.25, 0.3) is 10.0 Å². The van der Waals surface area contributed by atoms with Crippen molar-refractivity contribution in [3.63, 3.8) is 0 Å². The second-order valence-corrected chi connectivity index (χ2v) is 10.0. The minimum atomic E-state index is -3.39. The maximum atomic E-state index is 12.2. The summed E-state index contributed by atoms with van der Waals surface area (Å²) in [6, 6.07) is 11.8. The predicted molar refractivity (Wildman–Crippen MR) is 128 cm³/mol. The number of rotatable bonds is 7. The van der Waals surface area contributed by atoms with Gasteiger partial charge in [-0.05, 0) is 37.1 Å². The zero-order chi connectivity index (χ0) is 20.0. The van der Waals surface area contributed by atoms with E-state index in [1.54, 1.807) is 6.07 Å². The molecule has 2 aromatic rings. The van der Waals surface area contributed by atoms with Gasteiger partial charge in [0.1, 0.15) is 4.21 Å². The number of halogens is 1. The van der Waals surface area contributed by atoms with Crippen LogP contribution < -0.4 is 5.32 Å². The van der Waals surface area contributed by atoms with Gasteiger partial charge >= 0.3 is 0 Å². The third kappa shape index (κ3) is 6.43. The van der Waals surface area contributed by atoms with Crippen LogP contribution in [0.15, 0.2) is 45.6 Å². The van der Waals surface area contributed by atoms with E-state index >= 15 is 0 Å². The fraction of sp³-hybridized carbons (Fsp3) is 0.421. The Hall–Kier alpha value is -1.17. The van der Waals surface area contributed by atoms with E-state index in [1.807, 2.05) is 32.2 Å². The quantitative estimate of drug-likeness (QED) is 0.334. The Kier molecular flexibility index (Phi) is 9.88. The van der Waals surface area contributed by atoms with Crippen LogP contribution in [0, 0.1) is 6.92 Å². The first-order chi connectivity index (χ1) is 12.8. The molecule has 9 heteroatoms. The minimum Gasteiger partial charge on any atom is -0.357 e. The van der Waals surface area contributed by atoms with Gasteiger partial charge < -0.3 is 10.2 Å². The Labute approximate surface area is 189 Å². The van der Waals surface area contributed by atoms with Crippen LogP contribution in [-0.2, 0) is 23.1 Å². The molecule has 0 radical (unpaired) electrons. The third-order valence-corrected chi connectivity index (χ3v) is 7.47. The summed E-state index contributed by atoms with van der Waals surface area (Å²) in [5, 5.41) is 3.30. The number of nitrogens with zero attached hydrogens (tertiary/aromatic N) is 3. The van der Waals surface area contributed by atoms with Crippen LogP contribution in [0.1, 0.15) is 22.9 Å². The zero-order valence-electron chi connectivity index (χ0n) is 17.0. The molecule has 0 saturated carbocycles. The first kappa shape index (κ1) is 24.9. The highest BCUT2D eigenvalue weighted by Crippen LogP contribution is 2.24. The number of benzene rings is 1. The summed E-state index contributed by atoms with van der Waals surface area (Å²) < 4.78 is 26.0. The average Bonchev–Trinajstić information content (AvgIpc) is 3.10. The number of aliphatic imine (C=N–C) groups is 1. The predicted octanol–water partition coefficient (Wildman–Crippen LogP) is 3.52. The molecule has 0 fully saturated rings. The summed E-state index contributed by atoms with van der Waals surface area (Å²) in [5.74, 6) is 0.797. The van der Waals surface area contributed by atoms with Crippen molar-refractivity contribution < 1.29 is 8.42 Å². The van der Waals surface area contributed by atoms with Crippen LogP contribution in [0.3, 0.4) is 0 Å². The Morgan fingerprint density at radius 1 is 1.14 bits per heavy atom. The van der Waals surface area contributed by atoms with Crippen molar-refractivity contribution in [1.29, 1.82) is 0 Å². The number of nitrogens with one attached hydrogen (secondary N) is 1. The van der Waals surface area contributed by atoms with Gasteiger partial charge in [-0.3, -0.25) is 0 Å². The monoisotopic (exact) mass is 536 g/mol. The van der Waals surface area contributed by atoms with E-state index in [0.29, 0.717) is 10.8 Å². The summed E-state index contributed by atoms with van der Waals surface area (Å²) in [6.07, 6.45) is 0. The SMILES string of the molecule is CCNC(=NCc1ccc(S(=O)(=O)N(C)C)s1)N(C)Cc1ccccc1C.I. The van der Waals surface area contributed by atoms with Crippen LogP contribution >= 0.6 is 35.3 Å². The van der Waals surface area contributed by atoms with Crippen LogP contribution in [-0.4, -0.2) is 51.3 Å². The summed E-state index contributed by atoms with van der Waals surface area (Å²) in [6.45, 7) is 6.09. The molecule has 1 aromatic heterocycles. The summed E-state index contributed by atoms with van der Waals surface area (Å²) in [5.41, 5.74) is 2.50. The third-order valence-electron chi connectivity index (χ3n) is 4.12. The summed E-state index contributed by atoms with van der Waals surface area (Å²) >= 11 is 1.26. The van der Waals surface area contributed by atoms with Gasteiger partial charge in [0.05, 0.1) is 6.54 Å². The van der Waals surface area contributed by atoms with Crippen LogP contribution in [0.2, 0.25) is 0 Å². The molecule has 0 aliphatic heterocycles. The number of aryl methyl sites for hydroxylation is 1. The molecule has 0 aliphatic carbocycles. The van der Waals surface area contributed by atoms with Crippen molar-refractivity contribution in [3.05, 3.63) is 52.4 Å². The van der Waals surface area contributed by atoms with Crippen molar-refractivity contribution in [2.75, 3.05) is 27.7 Å².